The quantitative estimate of drug-likeness (QED) is 0.626. The van der Waals surface area contributed by atoms with Crippen LogP contribution in [-0.2, 0) is 6.42 Å². The van der Waals surface area contributed by atoms with Crippen molar-refractivity contribution in [1.82, 2.24) is 15.6 Å². The van der Waals surface area contributed by atoms with Crippen LogP contribution in [0.15, 0.2) is 47.6 Å². The molecular formula is C20H26ClN5. The van der Waals surface area contributed by atoms with Crippen LogP contribution in [-0.4, -0.2) is 43.7 Å². The van der Waals surface area contributed by atoms with E-state index < -0.39 is 0 Å². The highest BCUT2D eigenvalue weighted by molar-refractivity contribution is 6.32. The van der Waals surface area contributed by atoms with E-state index in [2.05, 4.69) is 56.7 Å². The van der Waals surface area contributed by atoms with Crippen molar-refractivity contribution in [2.24, 2.45) is 4.99 Å². The van der Waals surface area contributed by atoms with Gasteiger partial charge in [0.2, 0.25) is 0 Å². The molecule has 0 bridgehead atoms. The van der Waals surface area contributed by atoms with Gasteiger partial charge < -0.3 is 15.5 Å². The van der Waals surface area contributed by atoms with E-state index in [0.29, 0.717) is 11.1 Å². The van der Waals surface area contributed by atoms with Gasteiger partial charge in [-0.1, -0.05) is 41.4 Å². The summed E-state index contributed by atoms with van der Waals surface area (Å²) in [6, 6.07) is 12.7. The van der Waals surface area contributed by atoms with Crippen LogP contribution in [0.25, 0.3) is 0 Å². The Bertz CT molecular complexity index is 744. The summed E-state index contributed by atoms with van der Waals surface area (Å²) >= 11 is 6.26. The third-order valence-corrected chi connectivity index (χ3v) is 4.91. The molecule has 0 spiro atoms. The Morgan fingerprint density at radius 2 is 2.12 bits per heavy atom. The van der Waals surface area contributed by atoms with Crippen molar-refractivity contribution >= 4 is 23.4 Å². The lowest BCUT2D eigenvalue weighted by Crippen LogP contribution is -2.45. The molecule has 5 nitrogen and oxygen atoms in total. The number of rotatable bonds is 5. The molecule has 1 aromatic carbocycles. The number of halogens is 1. The second-order valence-electron chi connectivity index (χ2n) is 6.62. The SMILES string of the molecule is CN=C(NCCc1ccc(C)cc1)NC1CCN(c2ncccc2Cl)C1. The molecule has 1 atom stereocenters. The Morgan fingerprint density at radius 3 is 2.85 bits per heavy atom. The minimum absolute atomic E-state index is 0.332. The lowest BCUT2D eigenvalue weighted by atomic mass is 10.1. The maximum atomic E-state index is 6.26. The first-order valence-electron chi connectivity index (χ1n) is 9.04. The monoisotopic (exact) mass is 371 g/mol. The smallest absolute Gasteiger partial charge is 0.191 e. The van der Waals surface area contributed by atoms with Crippen LogP contribution in [0.5, 0.6) is 0 Å². The van der Waals surface area contributed by atoms with Gasteiger partial charge >= 0.3 is 0 Å². The third-order valence-electron chi connectivity index (χ3n) is 4.62. The Morgan fingerprint density at radius 1 is 1.31 bits per heavy atom. The van der Waals surface area contributed by atoms with Gasteiger partial charge in [-0.25, -0.2) is 4.98 Å². The fourth-order valence-electron chi connectivity index (χ4n) is 3.15. The number of aliphatic imine (C=N–C) groups is 1. The molecule has 2 N–H and O–H groups in total. The summed E-state index contributed by atoms with van der Waals surface area (Å²) in [5, 5.41) is 7.61. The van der Waals surface area contributed by atoms with Crippen LogP contribution >= 0.6 is 11.6 Å². The van der Waals surface area contributed by atoms with Crippen LogP contribution in [0.3, 0.4) is 0 Å². The largest absolute Gasteiger partial charge is 0.356 e. The highest BCUT2D eigenvalue weighted by Crippen LogP contribution is 2.25. The van der Waals surface area contributed by atoms with Gasteiger partial charge in [-0.2, -0.15) is 0 Å². The van der Waals surface area contributed by atoms with Crippen molar-refractivity contribution < 1.29 is 0 Å². The molecule has 6 heteroatoms. The number of aryl methyl sites for hydroxylation is 1. The predicted molar refractivity (Wildman–Crippen MR) is 109 cm³/mol. The normalized spacial score (nSPS) is 17.4. The van der Waals surface area contributed by atoms with Crippen LogP contribution in [0, 0.1) is 6.92 Å². The number of hydrogen-bond acceptors (Lipinski definition) is 3. The predicted octanol–water partition coefficient (Wildman–Crippen LogP) is 3.03. The lowest BCUT2D eigenvalue weighted by Gasteiger charge is -2.20. The molecule has 0 aliphatic carbocycles. The number of nitrogens with zero attached hydrogens (tertiary/aromatic N) is 3. The van der Waals surface area contributed by atoms with E-state index in [1.165, 1.54) is 11.1 Å². The van der Waals surface area contributed by atoms with E-state index in [-0.39, 0.29) is 0 Å². The highest BCUT2D eigenvalue weighted by atomic mass is 35.5. The molecule has 1 unspecified atom stereocenters. The van der Waals surface area contributed by atoms with Gasteiger partial charge in [0.1, 0.15) is 5.82 Å². The van der Waals surface area contributed by atoms with Gasteiger partial charge in [-0.15, -0.1) is 0 Å². The molecule has 26 heavy (non-hydrogen) atoms. The van der Waals surface area contributed by atoms with E-state index >= 15 is 0 Å². The van der Waals surface area contributed by atoms with Gasteiger partial charge in [-0.05, 0) is 37.5 Å². The van der Waals surface area contributed by atoms with Gasteiger partial charge in [0.05, 0.1) is 5.02 Å². The van der Waals surface area contributed by atoms with Crippen LogP contribution < -0.4 is 15.5 Å². The van der Waals surface area contributed by atoms with Crippen molar-refractivity contribution in [2.75, 3.05) is 31.6 Å². The Balaban J connectivity index is 1.47. The molecule has 1 aliphatic rings. The lowest BCUT2D eigenvalue weighted by molar-refractivity contribution is 0.648. The minimum atomic E-state index is 0.332. The van der Waals surface area contributed by atoms with Gasteiger partial charge in [0.15, 0.2) is 5.96 Å². The summed E-state index contributed by atoms with van der Waals surface area (Å²) in [6.07, 6.45) is 3.79. The number of anilines is 1. The fraction of sp³-hybridized carbons (Fsp3) is 0.400. The molecule has 2 aromatic rings. The van der Waals surface area contributed by atoms with E-state index in [0.717, 1.165) is 44.3 Å². The van der Waals surface area contributed by atoms with Crippen molar-refractivity contribution in [3.63, 3.8) is 0 Å². The van der Waals surface area contributed by atoms with Crippen molar-refractivity contribution in [3.8, 4) is 0 Å². The standard InChI is InChI=1S/C20H26ClN5/c1-15-5-7-16(8-6-15)9-12-24-20(22-2)25-17-10-13-26(14-17)19-18(21)4-3-11-23-19/h3-8,11,17H,9-10,12-14H2,1-2H3,(H2,22,24,25). The first-order valence-corrected chi connectivity index (χ1v) is 9.41. The number of nitrogens with one attached hydrogen (secondary N) is 2. The molecule has 2 heterocycles. The number of pyridine rings is 1. The Labute approximate surface area is 160 Å². The summed E-state index contributed by atoms with van der Waals surface area (Å²) < 4.78 is 0. The molecule has 3 rings (SSSR count). The third kappa shape index (κ3) is 4.88. The summed E-state index contributed by atoms with van der Waals surface area (Å²) in [7, 11) is 1.81. The summed E-state index contributed by atoms with van der Waals surface area (Å²) in [5.41, 5.74) is 2.62. The molecule has 0 amide bonds. The molecule has 1 saturated heterocycles. The second-order valence-corrected chi connectivity index (χ2v) is 7.03. The number of benzene rings is 1. The number of aromatic nitrogens is 1. The molecule has 1 fully saturated rings. The zero-order valence-electron chi connectivity index (χ0n) is 15.4. The first kappa shape index (κ1) is 18.5. The summed E-state index contributed by atoms with van der Waals surface area (Å²) in [6.45, 7) is 4.77. The average molecular weight is 372 g/mol. The zero-order chi connectivity index (χ0) is 18.4. The van der Waals surface area contributed by atoms with E-state index in [1.807, 2.05) is 19.2 Å². The summed E-state index contributed by atoms with van der Waals surface area (Å²) in [4.78, 5) is 11.0. The van der Waals surface area contributed by atoms with Gasteiger partial charge in [0, 0.05) is 38.9 Å². The average Bonchev–Trinajstić information content (AvgIpc) is 3.11. The molecule has 1 aromatic heterocycles. The summed E-state index contributed by atoms with van der Waals surface area (Å²) in [5.74, 6) is 1.71. The molecule has 0 radical (unpaired) electrons. The Kier molecular flexibility index (Phi) is 6.34. The van der Waals surface area contributed by atoms with E-state index in [9.17, 15) is 0 Å². The van der Waals surface area contributed by atoms with Crippen molar-refractivity contribution in [1.29, 1.82) is 0 Å². The molecular weight excluding hydrogens is 346 g/mol. The molecule has 1 aliphatic heterocycles. The van der Waals surface area contributed by atoms with Crippen LogP contribution in [0.1, 0.15) is 17.5 Å². The maximum absolute atomic E-state index is 6.26. The van der Waals surface area contributed by atoms with Crippen LogP contribution in [0.2, 0.25) is 5.02 Å². The first-order chi connectivity index (χ1) is 12.7. The minimum Gasteiger partial charge on any atom is -0.356 e. The van der Waals surface area contributed by atoms with Gasteiger partial charge in [-0.3, -0.25) is 4.99 Å². The number of hydrogen-bond donors (Lipinski definition) is 2. The van der Waals surface area contributed by atoms with Gasteiger partial charge in [0.25, 0.3) is 0 Å². The molecule has 138 valence electrons. The van der Waals surface area contributed by atoms with E-state index in [4.69, 9.17) is 11.6 Å². The topological polar surface area (TPSA) is 52.6 Å². The Hall–Kier alpha value is -2.27. The molecule has 0 saturated carbocycles. The highest BCUT2D eigenvalue weighted by Gasteiger charge is 2.25. The maximum Gasteiger partial charge on any atom is 0.191 e. The van der Waals surface area contributed by atoms with Crippen LogP contribution in [0.4, 0.5) is 5.82 Å². The fourth-order valence-corrected chi connectivity index (χ4v) is 3.39. The van der Waals surface area contributed by atoms with E-state index in [1.54, 1.807) is 6.20 Å². The number of guanidine groups is 1. The zero-order valence-corrected chi connectivity index (χ0v) is 16.1. The van der Waals surface area contributed by atoms with Crippen molar-refractivity contribution in [2.45, 2.75) is 25.8 Å². The second kappa shape index (κ2) is 8.90. The van der Waals surface area contributed by atoms with Crippen molar-refractivity contribution in [3.05, 3.63) is 58.7 Å².